The fourth-order valence-corrected chi connectivity index (χ4v) is 4.35. The summed E-state index contributed by atoms with van der Waals surface area (Å²) in [6, 6.07) is 9.06. The number of nitrogens with one attached hydrogen (secondary N) is 1. The Hall–Kier alpha value is -2.78. The lowest BCUT2D eigenvalue weighted by Crippen LogP contribution is -2.45. The topological polar surface area (TPSA) is 102 Å². The van der Waals surface area contributed by atoms with Gasteiger partial charge >= 0.3 is 0 Å². The number of carbonyl (C=O) groups excluding carboxylic acids is 2. The van der Waals surface area contributed by atoms with Gasteiger partial charge in [-0.05, 0) is 24.1 Å². The molecule has 0 spiro atoms. The second-order valence-electron chi connectivity index (χ2n) is 7.20. The van der Waals surface area contributed by atoms with Gasteiger partial charge in [0.25, 0.3) is 5.91 Å². The van der Waals surface area contributed by atoms with Crippen molar-refractivity contribution < 1.29 is 27.5 Å². The van der Waals surface area contributed by atoms with Crippen LogP contribution in [0.25, 0.3) is 0 Å². The largest absolute Gasteiger partial charge is 0.495 e. The number of ether oxygens (including phenoxy) is 2. The maximum Gasteiger partial charge on any atom is 0.255 e. The Morgan fingerprint density at radius 1 is 1.19 bits per heavy atom. The van der Waals surface area contributed by atoms with Crippen LogP contribution in [0.2, 0.25) is 5.02 Å². The highest BCUT2D eigenvalue weighted by Crippen LogP contribution is 2.36. The molecular weight excluding hydrogens is 444 g/mol. The van der Waals surface area contributed by atoms with Gasteiger partial charge in [-0.1, -0.05) is 29.8 Å². The van der Waals surface area contributed by atoms with E-state index in [2.05, 4.69) is 5.32 Å². The summed E-state index contributed by atoms with van der Waals surface area (Å²) in [5.41, 5.74) is 1.58. The average Bonchev–Trinajstić information content (AvgIpc) is 3.04. The third-order valence-corrected chi connectivity index (χ3v) is 6.29. The number of anilines is 1. The molecule has 3 rings (SSSR count). The molecule has 1 aliphatic rings. The van der Waals surface area contributed by atoms with Crippen molar-refractivity contribution >= 4 is 38.9 Å². The number of nitrogens with zero attached hydrogens (tertiary/aromatic N) is 1. The Balaban J connectivity index is 1.91. The van der Waals surface area contributed by atoms with E-state index in [9.17, 15) is 18.0 Å². The number of hydrogen-bond donors (Lipinski definition) is 1. The molecule has 1 heterocycles. The highest BCUT2D eigenvalue weighted by Gasteiger charge is 2.36. The van der Waals surface area contributed by atoms with Crippen LogP contribution in [-0.2, 0) is 21.2 Å². The molecule has 1 N–H and O–H groups in total. The molecule has 0 aromatic heterocycles. The number of sulfone groups is 1. The quantitative estimate of drug-likeness (QED) is 0.641. The summed E-state index contributed by atoms with van der Waals surface area (Å²) in [5.74, 6) is -0.415. The fraction of sp³-hybridized carbons (Fsp3) is 0.333. The van der Waals surface area contributed by atoms with Gasteiger partial charge in [0, 0.05) is 24.4 Å². The van der Waals surface area contributed by atoms with E-state index in [0.717, 1.165) is 11.8 Å². The van der Waals surface area contributed by atoms with E-state index in [4.69, 9.17) is 21.1 Å². The number of fused-ring (bicyclic) bond motifs is 1. The van der Waals surface area contributed by atoms with Gasteiger partial charge in [-0.3, -0.25) is 9.59 Å². The summed E-state index contributed by atoms with van der Waals surface area (Å²) in [6.45, 7) is 0.220. The molecule has 0 saturated heterocycles. The zero-order chi connectivity index (χ0) is 22.8. The SMILES string of the molecule is COc1cc(OC)c(NC(=O)[C@H](CCS(C)(=O)=O)N2Cc3ccccc3C2=O)cc1Cl. The van der Waals surface area contributed by atoms with E-state index in [-0.39, 0.29) is 35.3 Å². The first-order valence-electron chi connectivity index (χ1n) is 9.43. The van der Waals surface area contributed by atoms with E-state index >= 15 is 0 Å². The van der Waals surface area contributed by atoms with Gasteiger partial charge in [-0.15, -0.1) is 0 Å². The molecular formula is C21H23ClN2O6S. The molecule has 2 amide bonds. The van der Waals surface area contributed by atoms with Crippen LogP contribution in [0.3, 0.4) is 0 Å². The van der Waals surface area contributed by atoms with Crippen LogP contribution in [0.4, 0.5) is 5.69 Å². The normalized spacial score (nSPS) is 14.2. The zero-order valence-corrected chi connectivity index (χ0v) is 18.9. The lowest BCUT2D eigenvalue weighted by molar-refractivity contribution is -0.120. The van der Waals surface area contributed by atoms with Crippen LogP contribution in [0.15, 0.2) is 36.4 Å². The minimum absolute atomic E-state index is 0.0450. The third-order valence-electron chi connectivity index (χ3n) is 5.02. The van der Waals surface area contributed by atoms with E-state index in [1.807, 2.05) is 12.1 Å². The van der Waals surface area contributed by atoms with Crippen molar-refractivity contribution in [2.45, 2.75) is 19.0 Å². The van der Waals surface area contributed by atoms with Crippen LogP contribution in [-0.4, -0.2) is 57.4 Å². The number of benzene rings is 2. The first kappa shape index (κ1) is 22.9. The van der Waals surface area contributed by atoms with E-state index < -0.39 is 21.8 Å². The van der Waals surface area contributed by atoms with Crippen LogP contribution in [0.5, 0.6) is 11.5 Å². The first-order valence-corrected chi connectivity index (χ1v) is 11.9. The van der Waals surface area contributed by atoms with Crippen molar-refractivity contribution in [3.05, 3.63) is 52.5 Å². The standard InChI is InChI=1S/C21H23ClN2O6S/c1-29-18-11-19(30-2)16(10-15(18)22)23-20(25)17(8-9-31(3,27)28)24-12-13-6-4-5-7-14(13)21(24)26/h4-7,10-11,17H,8-9,12H2,1-3H3,(H,23,25)/t17-/m0/s1. The van der Waals surface area contributed by atoms with Gasteiger partial charge in [0.2, 0.25) is 5.91 Å². The van der Waals surface area contributed by atoms with Crippen LogP contribution >= 0.6 is 11.6 Å². The molecule has 8 nitrogen and oxygen atoms in total. The lowest BCUT2D eigenvalue weighted by atomic mass is 10.1. The van der Waals surface area contributed by atoms with Gasteiger partial charge < -0.3 is 19.7 Å². The maximum atomic E-state index is 13.2. The molecule has 1 atom stereocenters. The summed E-state index contributed by atoms with van der Waals surface area (Å²) in [6.07, 6.45) is 1.05. The fourth-order valence-electron chi connectivity index (χ4n) is 3.46. The molecule has 2 aromatic carbocycles. The van der Waals surface area contributed by atoms with Crippen molar-refractivity contribution in [3.63, 3.8) is 0 Å². The molecule has 166 valence electrons. The van der Waals surface area contributed by atoms with Crippen LogP contribution in [0, 0.1) is 0 Å². The Labute approximate surface area is 186 Å². The molecule has 0 aliphatic carbocycles. The number of hydrogen-bond acceptors (Lipinski definition) is 6. The monoisotopic (exact) mass is 466 g/mol. The smallest absolute Gasteiger partial charge is 0.255 e. The highest BCUT2D eigenvalue weighted by atomic mass is 35.5. The summed E-state index contributed by atoms with van der Waals surface area (Å²) in [7, 11) is -0.463. The summed E-state index contributed by atoms with van der Waals surface area (Å²) < 4.78 is 34.0. The predicted molar refractivity (Wildman–Crippen MR) is 118 cm³/mol. The van der Waals surface area contributed by atoms with Crippen LogP contribution in [0.1, 0.15) is 22.3 Å². The van der Waals surface area contributed by atoms with Gasteiger partial charge in [0.15, 0.2) is 0 Å². The second-order valence-corrected chi connectivity index (χ2v) is 9.87. The van der Waals surface area contributed by atoms with E-state index in [1.54, 1.807) is 12.1 Å². The molecule has 0 bridgehead atoms. The minimum atomic E-state index is -3.35. The summed E-state index contributed by atoms with van der Waals surface area (Å²) in [4.78, 5) is 27.5. The number of halogens is 1. The van der Waals surface area contributed by atoms with Gasteiger partial charge in [-0.25, -0.2) is 8.42 Å². The summed E-state index contributed by atoms with van der Waals surface area (Å²) >= 11 is 6.18. The number of rotatable bonds is 8. The second kappa shape index (κ2) is 9.15. The van der Waals surface area contributed by atoms with Gasteiger partial charge in [-0.2, -0.15) is 0 Å². The molecule has 0 saturated carbocycles. The highest BCUT2D eigenvalue weighted by molar-refractivity contribution is 7.90. The molecule has 31 heavy (non-hydrogen) atoms. The number of amides is 2. The van der Waals surface area contributed by atoms with Crippen LogP contribution < -0.4 is 14.8 Å². The summed E-state index contributed by atoms with van der Waals surface area (Å²) in [5, 5.41) is 2.98. The lowest BCUT2D eigenvalue weighted by Gasteiger charge is -2.27. The molecule has 2 aromatic rings. The van der Waals surface area contributed by atoms with E-state index in [0.29, 0.717) is 17.1 Å². The van der Waals surface area contributed by atoms with Crippen molar-refractivity contribution in [1.82, 2.24) is 4.90 Å². The van der Waals surface area contributed by atoms with Gasteiger partial charge in [0.1, 0.15) is 27.4 Å². The van der Waals surface area contributed by atoms with Crippen molar-refractivity contribution in [1.29, 1.82) is 0 Å². The minimum Gasteiger partial charge on any atom is -0.495 e. The van der Waals surface area contributed by atoms with E-state index in [1.165, 1.54) is 31.3 Å². The number of carbonyl (C=O) groups is 2. The first-order chi connectivity index (χ1) is 14.6. The number of methoxy groups -OCH3 is 2. The molecule has 0 fully saturated rings. The molecule has 0 unspecified atom stereocenters. The Kier molecular flexibility index (Phi) is 6.76. The predicted octanol–water partition coefficient (Wildman–Crippen LogP) is 2.76. The van der Waals surface area contributed by atoms with Crippen molar-refractivity contribution in [2.24, 2.45) is 0 Å². The Bertz CT molecular complexity index is 1120. The average molecular weight is 467 g/mol. The maximum absolute atomic E-state index is 13.2. The molecule has 0 radical (unpaired) electrons. The Morgan fingerprint density at radius 3 is 2.48 bits per heavy atom. The van der Waals surface area contributed by atoms with Crippen molar-refractivity contribution in [3.8, 4) is 11.5 Å². The zero-order valence-electron chi connectivity index (χ0n) is 17.3. The third kappa shape index (κ3) is 5.11. The van der Waals surface area contributed by atoms with Gasteiger partial charge in [0.05, 0.1) is 30.7 Å². The molecule has 10 heteroatoms. The van der Waals surface area contributed by atoms with Crippen molar-refractivity contribution in [2.75, 3.05) is 31.5 Å². The molecule has 1 aliphatic heterocycles. The Morgan fingerprint density at radius 2 is 1.87 bits per heavy atom.